The van der Waals surface area contributed by atoms with Crippen molar-refractivity contribution in [1.82, 2.24) is 15.5 Å². The van der Waals surface area contributed by atoms with Crippen LogP contribution in [0, 0.1) is 5.92 Å². The summed E-state index contributed by atoms with van der Waals surface area (Å²) in [4.78, 5) is 27.8. The second-order valence-electron chi connectivity index (χ2n) is 9.01. The molecule has 35 heavy (non-hydrogen) atoms. The number of nitrogens with one attached hydrogen (secondary N) is 2. The lowest BCUT2D eigenvalue weighted by atomic mass is 10.0. The second-order valence-corrected chi connectivity index (χ2v) is 9.88. The number of fused-ring (bicyclic) bond motifs is 1. The smallest absolute Gasteiger partial charge is 0.251 e. The third-order valence-corrected chi connectivity index (χ3v) is 6.78. The van der Waals surface area contributed by atoms with Crippen LogP contribution in [0.2, 0.25) is 10.0 Å². The number of benzene rings is 3. The van der Waals surface area contributed by atoms with E-state index in [4.69, 9.17) is 28.9 Å². The molecule has 1 saturated heterocycles. The maximum atomic E-state index is 13.2. The minimum Gasteiger partial charge on any atom is -0.352 e. The molecule has 1 fully saturated rings. The zero-order valence-corrected chi connectivity index (χ0v) is 21.0. The molecule has 0 spiro atoms. The van der Waals surface area contributed by atoms with Gasteiger partial charge in [0.15, 0.2) is 0 Å². The molecular formula is C27H30Cl2N4O2. The zero-order valence-electron chi connectivity index (χ0n) is 19.5. The quantitative estimate of drug-likeness (QED) is 0.421. The second kappa shape index (κ2) is 11.9. The molecule has 0 radical (unpaired) electrons. The van der Waals surface area contributed by atoms with E-state index in [1.165, 1.54) is 0 Å². The Balaban J connectivity index is 1.39. The first-order valence-corrected chi connectivity index (χ1v) is 12.6. The first kappa shape index (κ1) is 25.5. The predicted molar refractivity (Wildman–Crippen MR) is 142 cm³/mol. The van der Waals surface area contributed by atoms with Gasteiger partial charge in [-0.25, -0.2) is 0 Å². The van der Waals surface area contributed by atoms with E-state index in [-0.39, 0.29) is 23.8 Å². The van der Waals surface area contributed by atoms with Gasteiger partial charge in [-0.05, 0) is 72.0 Å². The van der Waals surface area contributed by atoms with Crippen molar-refractivity contribution in [2.45, 2.75) is 25.4 Å². The molecule has 1 heterocycles. The monoisotopic (exact) mass is 512 g/mol. The van der Waals surface area contributed by atoms with Crippen LogP contribution in [0.5, 0.6) is 0 Å². The summed E-state index contributed by atoms with van der Waals surface area (Å²) in [7, 11) is 0. The molecule has 1 aliphatic rings. The highest BCUT2D eigenvalue weighted by atomic mass is 35.5. The number of nitrogens with two attached hydrogens (primary N) is 1. The van der Waals surface area contributed by atoms with E-state index in [9.17, 15) is 9.59 Å². The summed E-state index contributed by atoms with van der Waals surface area (Å²) in [5.74, 6) is 0.0994. The fourth-order valence-electron chi connectivity index (χ4n) is 4.56. The average molecular weight is 513 g/mol. The molecule has 3 aromatic rings. The molecule has 2 amide bonds. The van der Waals surface area contributed by atoms with Crippen molar-refractivity contribution in [2.75, 3.05) is 26.2 Å². The first-order chi connectivity index (χ1) is 16.9. The van der Waals surface area contributed by atoms with E-state index in [1.54, 1.807) is 6.07 Å². The maximum absolute atomic E-state index is 13.2. The number of hydrogen-bond acceptors (Lipinski definition) is 4. The van der Waals surface area contributed by atoms with Crippen LogP contribution < -0.4 is 16.4 Å². The normalized spacial score (nSPS) is 18.5. The van der Waals surface area contributed by atoms with Gasteiger partial charge in [-0.15, -0.1) is 0 Å². The van der Waals surface area contributed by atoms with Crippen LogP contribution in [0.25, 0.3) is 10.8 Å². The van der Waals surface area contributed by atoms with Crippen LogP contribution in [0.4, 0.5) is 0 Å². The summed E-state index contributed by atoms with van der Waals surface area (Å²) in [5.41, 5.74) is 7.28. The third kappa shape index (κ3) is 6.73. The van der Waals surface area contributed by atoms with Crippen molar-refractivity contribution in [2.24, 2.45) is 11.7 Å². The third-order valence-electron chi connectivity index (χ3n) is 6.34. The Bertz CT molecular complexity index is 1180. The highest BCUT2D eigenvalue weighted by Crippen LogP contribution is 2.22. The molecule has 6 nitrogen and oxygen atoms in total. The molecule has 0 bridgehead atoms. The topological polar surface area (TPSA) is 87.5 Å². The van der Waals surface area contributed by atoms with Gasteiger partial charge >= 0.3 is 0 Å². The summed E-state index contributed by atoms with van der Waals surface area (Å²) in [6.45, 7) is 2.61. The molecule has 0 aromatic heterocycles. The van der Waals surface area contributed by atoms with Crippen LogP contribution >= 0.6 is 23.2 Å². The van der Waals surface area contributed by atoms with Crippen LogP contribution in [0.3, 0.4) is 0 Å². The Labute approximate surface area is 215 Å². The molecule has 8 heteroatoms. The van der Waals surface area contributed by atoms with Gasteiger partial charge in [0.05, 0.1) is 6.04 Å². The maximum Gasteiger partial charge on any atom is 0.251 e. The fourth-order valence-corrected chi connectivity index (χ4v) is 5.13. The standard InChI is InChI=1S/C27H30Cl2N4O2/c28-23-11-19(12-24(29)14-23)17-33-16-18(15-32-25(7-9-30)27(33)35)8-10-31-26(34)22-6-5-20-3-1-2-4-21(20)13-22/h1-6,11-14,18,25,32H,7-10,15-17,30H2,(H,31,34)/t18?,25-/m0/s1. The molecule has 2 atom stereocenters. The largest absolute Gasteiger partial charge is 0.352 e. The molecule has 4 rings (SSSR count). The predicted octanol–water partition coefficient (Wildman–Crippen LogP) is 4.23. The minimum atomic E-state index is -0.327. The Kier molecular flexibility index (Phi) is 8.63. The van der Waals surface area contributed by atoms with E-state index >= 15 is 0 Å². The summed E-state index contributed by atoms with van der Waals surface area (Å²) >= 11 is 12.3. The van der Waals surface area contributed by atoms with Crippen molar-refractivity contribution in [3.05, 3.63) is 81.8 Å². The summed E-state index contributed by atoms with van der Waals surface area (Å²) < 4.78 is 0. The zero-order chi connectivity index (χ0) is 24.8. The number of carbonyl (C=O) groups is 2. The van der Waals surface area contributed by atoms with E-state index in [2.05, 4.69) is 10.6 Å². The van der Waals surface area contributed by atoms with Gasteiger partial charge in [0, 0.05) is 41.8 Å². The van der Waals surface area contributed by atoms with Gasteiger partial charge in [0.25, 0.3) is 5.91 Å². The molecule has 1 aliphatic heterocycles. The minimum absolute atomic E-state index is 0.0225. The van der Waals surface area contributed by atoms with Gasteiger partial charge in [0.1, 0.15) is 0 Å². The molecule has 4 N–H and O–H groups in total. The molecule has 3 aromatic carbocycles. The number of rotatable bonds is 8. The van der Waals surface area contributed by atoms with Gasteiger partial charge in [-0.3, -0.25) is 9.59 Å². The summed E-state index contributed by atoms with van der Waals surface area (Å²) in [5, 5.41) is 9.63. The fraction of sp³-hybridized carbons (Fsp3) is 0.333. The Morgan fingerprint density at radius 1 is 1.03 bits per heavy atom. The molecular weight excluding hydrogens is 483 g/mol. The number of halogens is 2. The first-order valence-electron chi connectivity index (χ1n) is 11.9. The highest BCUT2D eigenvalue weighted by Gasteiger charge is 2.30. The van der Waals surface area contributed by atoms with Crippen LogP contribution in [0.1, 0.15) is 28.8 Å². The Morgan fingerprint density at radius 2 is 1.77 bits per heavy atom. The summed E-state index contributed by atoms with van der Waals surface area (Å²) in [6, 6.07) is 18.7. The molecule has 184 valence electrons. The van der Waals surface area contributed by atoms with E-state index in [0.717, 1.165) is 22.8 Å². The van der Waals surface area contributed by atoms with Crippen LogP contribution in [0.15, 0.2) is 60.7 Å². The van der Waals surface area contributed by atoms with Crippen molar-refractivity contribution >= 4 is 45.8 Å². The van der Waals surface area contributed by atoms with Crippen LogP contribution in [-0.2, 0) is 11.3 Å². The van der Waals surface area contributed by atoms with Crippen LogP contribution in [-0.4, -0.2) is 48.9 Å². The highest BCUT2D eigenvalue weighted by molar-refractivity contribution is 6.34. The molecule has 0 saturated carbocycles. The summed E-state index contributed by atoms with van der Waals surface area (Å²) in [6.07, 6.45) is 1.30. The number of nitrogens with zero attached hydrogens (tertiary/aromatic N) is 1. The lowest BCUT2D eigenvalue weighted by Gasteiger charge is -2.26. The van der Waals surface area contributed by atoms with Crippen molar-refractivity contribution in [3.63, 3.8) is 0 Å². The molecule has 0 aliphatic carbocycles. The average Bonchev–Trinajstić information content (AvgIpc) is 2.97. The van der Waals surface area contributed by atoms with E-state index < -0.39 is 0 Å². The number of carbonyl (C=O) groups excluding carboxylic acids is 2. The SMILES string of the molecule is NCC[C@@H]1NCC(CCNC(=O)c2ccc3ccccc3c2)CN(Cc2cc(Cl)cc(Cl)c2)C1=O. The Morgan fingerprint density at radius 3 is 2.51 bits per heavy atom. The van der Waals surface area contributed by atoms with Crippen molar-refractivity contribution < 1.29 is 9.59 Å². The van der Waals surface area contributed by atoms with Gasteiger partial charge in [-0.1, -0.05) is 53.5 Å². The van der Waals surface area contributed by atoms with Gasteiger partial charge in [0.2, 0.25) is 5.91 Å². The Hall–Kier alpha value is -2.64. The van der Waals surface area contributed by atoms with Crippen molar-refractivity contribution in [3.8, 4) is 0 Å². The van der Waals surface area contributed by atoms with Gasteiger partial charge < -0.3 is 21.3 Å². The number of hydrogen-bond donors (Lipinski definition) is 3. The lowest BCUT2D eigenvalue weighted by molar-refractivity contribution is -0.133. The van der Waals surface area contributed by atoms with Gasteiger partial charge in [-0.2, -0.15) is 0 Å². The van der Waals surface area contributed by atoms with E-state index in [1.807, 2.05) is 59.5 Å². The van der Waals surface area contributed by atoms with E-state index in [0.29, 0.717) is 54.8 Å². The number of amides is 2. The lowest BCUT2D eigenvalue weighted by Crippen LogP contribution is -2.44. The van der Waals surface area contributed by atoms with Crippen molar-refractivity contribution in [1.29, 1.82) is 0 Å². The molecule has 1 unspecified atom stereocenters.